The van der Waals surface area contributed by atoms with Gasteiger partial charge in [-0.3, -0.25) is 5.41 Å². The SMILES string of the molecule is CCn1cc(S(=O)(=O)Cl)cc1C(=N)N.Cl. The first kappa shape index (κ1) is 14.3. The number of halogens is 2. The van der Waals surface area contributed by atoms with Crippen molar-refractivity contribution in [3.8, 4) is 0 Å². The Balaban J connectivity index is 0.00000196. The number of aryl methyl sites for hydroxylation is 1. The van der Waals surface area contributed by atoms with Gasteiger partial charge in [-0.15, -0.1) is 12.4 Å². The van der Waals surface area contributed by atoms with Crippen molar-refractivity contribution >= 4 is 38.0 Å². The molecule has 1 heterocycles. The van der Waals surface area contributed by atoms with Crippen LogP contribution in [0.4, 0.5) is 0 Å². The molecule has 1 aromatic rings. The molecule has 0 fully saturated rings. The molecule has 0 aliphatic heterocycles. The van der Waals surface area contributed by atoms with Gasteiger partial charge in [-0.2, -0.15) is 0 Å². The Bertz CT molecular complexity index is 467. The number of hydrogen-bond acceptors (Lipinski definition) is 3. The molecule has 1 aromatic heterocycles. The number of amidine groups is 1. The van der Waals surface area contributed by atoms with E-state index in [4.69, 9.17) is 21.8 Å². The van der Waals surface area contributed by atoms with Crippen LogP contribution >= 0.6 is 23.1 Å². The Morgan fingerprint density at radius 2 is 2.20 bits per heavy atom. The highest BCUT2D eigenvalue weighted by atomic mass is 35.7. The zero-order valence-corrected chi connectivity index (χ0v) is 10.3. The molecular formula is C7H11Cl2N3O2S. The van der Waals surface area contributed by atoms with Gasteiger partial charge in [0.05, 0.1) is 5.69 Å². The van der Waals surface area contributed by atoms with Crippen molar-refractivity contribution in [1.82, 2.24) is 4.57 Å². The van der Waals surface area contributed by atoms with Gasteiger partial charge in [0.15, 0.2) is 0 Å². The van der Waals surface area contributed by atoms with Crippen LogP contribution in [-0.4, -0.2) is 18.8 Å². The van der Waals surface area contributed by atoms with Crippen LogP contribution in [0, 0.1) is 5.41 Å². The van der Waals surface area contributed by atoms with E-state index in [0.717, 1.165) is 0 Å². The molecule has 0 bridgehead atoms. The summed E-state index contributed by atoms with van der Waals surface area (Å²) in [5, 5.41) is 7.22. The molecule has 0 saturated carbocycles. The fraction of sp³-hybridized carbons (Fsp3) is 0.286. The molecule has 0 spiro atoms. The molecule has 0 amide bonds. The third kappa shape index (κ3) is 3.12. The summed E-state index contributed by atoms with van der Waals surface area (Å²) >= 11 is 0. The van der Waals surface area contributed by atoms with Gasteiger partial charge in [0.1, 0.15) is 10.7 Å². The van der Waals surface area contributed by atoms with Gasteiger partial charge in [0.25, 0.3) is 9.05 Å². The normalized spacial score (nSPS) is 10.8. The highest BCUT2D eigenvalue weighted by Crippen LogP contribution is 2.18. The number of hydrogen-bond donors (Lipinski definition) is 2. The van der Waals surface area contributed by atoms with Gasteiger partial charge in [-0.05, 0) is 13.0 Å². The first-order valence-corrected chi connectivity index (χ1v) is 6.16. The van der Waals surface area contributed by atoms with Gasteiger partial charge < -0.3 is 10.3 Å². The van der Waals surface area contributed by atoms with E-state index in [1.54, 1.807) is 4.57 Å². The van der Waals surface area contributed by atoms with Crippen LogP contribution in [0.1, 0.15) is 12.6 Å². The largest absolute Gasteiger partial charge is 0.382 e. The first-order valence-electron chi connectivity index (χ1n) is 3.85. The lowest BCUT2D eigenvalue weighted by Gasteiger charge is -2.01. The maximum atomic E-state index is 11.0. The minimum absolute atomic E-state index is 0. The van der Waals surface area contributed by atoms with Crippen molar-refractivity contribution in [1.29, 1.82) is 5.41 Å². The molecule has 0 aliphatic rings. The van der Waals surface area contributed by atoms with Crippen LogP contribution in [0.15, 0.2) is 17.2 Å². The van der Waals surface area contributed by atoms with Crippen LogP contribution in [-0.2, 0) is 15.6 Å². The average molecular weight is 272 g/mol. The monoisotopic (exact) mass is 271 g/mol. The lowest BCUT2D eigenvalue weighted by atomic mass is 10.4. The Labute approximate surface area is 98.6 Å². The number of rotatable bonds is 3. The lowest BCUT2D eigenvalue weighted by Crippen LogP contribution is -2.15. The van der Waals surface area contributed by atoms with Gasteiger partial charge in [-0.1, -0.05) is 0 Å². The summed E-state index contributed by atoms with van der Waals surface area (Å²) in [6, 6.07) is 1.29. The second-order valence-corrected chi connectivity index (χ2v) is 5.26. The zero-order valence-electron chi connectivity index (χ0n) is 7.90. The van der Waals surface area contributed by atoms with Crippen molar-refractivity contribution in [2.45, 2.75) is 18.4 Å². The molecule has 0 atom stereocenters. The molecule has 15 heavy (non-hydrogen) atoms. The van der Waals surface area contributed by atoms with Crippen molar-refractivity contribution in [3.63, 3.8) is 0 Å². The Morgan fingerprint density at radius 3 is 2.47 bits per heavy atom. The number of aromatic nitrogens is 1. The summed E-state index contributed by atoms with van der Waals surface area (Å²) < 4.78 is 23.5. The number of nitrogens with zero attached hydrogens (tertiary/aromatic N) is 1. The molecule has 5 nitrogen and oxygen atoms in total. The molecule has 0 aromatic carbocycles. The van der Waals surface area contributed by atoms with Crippen LogP contribution in [0.2, 0.25) is 0 Å². The van der Waals surface area contributed by atoms with Crippen molar-refractivity contribution in [2.24, 2.45) is 5.73 Å². The first-order chi connectivity index (χ1) is 6.36. The summed E-state index contributed by atoms with van der Waals surface area (Å²) in [6.45, 7) is 2.35. The van der Waals surface area contributed by atoms with E-state index >= 15 is 0 Å². The molecular weight excluding hydrogens is 261 g/mol. The van der Waals surface area contributed by atoms with Crippen molar-refractivity contribution in [3.05, 3.63) is 18.0 Å². The van der Waals surface area contributed by atoms with Gasteiger partial charge >= 0.3 is 0 Å². The van der Waals surface area contributed by atoms with Gasteiger partial charge in [-0.25, -0.2) is 8.42 Å². The summed E-state index contributed by atoms with van der Waals surface area (Å²) in [5.41, 5.74) is 5.62. The minimum atomic E-state index is -3.75. The predicted octanol–water partition coefficient (Wildman–Crippen LogP) is 1.14. The number of nitrogens with one attached hydrogen (secondary N) is 1. The third-order valence-corrected chi connectivity index (χ3v) is 3.09. The van der Waals surface area contributed by atoms with E-state index in [-0.39, 0.29) is 23.1 Å². The molecule has 86 valence electrons. The fourth-order valence-corrected chi connectivity index (χ4v) is 1.86. The molecule has 0 saturated heterocycles. The van der Waals surface area contributed by atoms with Crippen LogP contribution in [0.25, 0.3) is 0 Å². The van der Waals surface area contributed by atoms with E-state index in [9.17, 15) is 8.42 Å². The maximum Gasteiger partial charge on any atom is 0.262 e. The summed E-state index contributed by atoms with van der Waals surface area (Å²) in [5.74, 6) is -0.182. The maximum absolute atomic E-state index is 11.0. The molecule has 8 heteroatoms. The second-order valence-electron chi connectivity index (χ2n) is 2.70. The molecule has 0 unspecified atom stereocenters. The Morgan fingerprint density at radius 1 is 1.67 bits per heavy atom. The minimum Gasteiger partial charge on any atom is -0.382 e. The average Bonchev–Trinajstić information content (AvgIpc) is 2.45. The fourth-order valence-electron chi connectivity index (χ4n) is 1.11. The standard InChI is InChI=1S/C7H10ClN3O2S.ClH/c1-2-11-4-5(14(8,12)13)3-6(11)7(9)10;/h3-4H,2H2,1H3,(H3,9,10);1H. The van der Waals surface area contributed by atoms with E-state index < -0.39 is 9.05 Å². The smallest absolute Gasteiger partial charge is 0.262 e. The molecule has 3 N–H and O–H groups in total. The second kappa shape index (κ2) is 4.87. The quantitative estimate of drug-likeness (QED) is 0.491. The summed E-state index contributed by atoms with van der Waals surface area (Å²) in [4.78, 5) is -0.0359. The van der Waals surface area contributed by atoms with E-state index in [1.807, 2.05) is 6.92 Å². The third-order valence-electron chi connectivity index (χ3n) is 1.77. The van der Waals surface area contributed by atoms with E-state index in [0.29, 0.717) is 12.2 Å². The predicted molar refractivity (Wildman–Crippen MR) is 61.4 cm³/mol. The molecule has 0 radical (unpaired) electrons. The van der Waals surface area contributed by atoms with Crippen LogP contribution in [0.5, 0.6) is 0 Å². The summed E-state index contributed by atoms with van der Waals surface area (Å²) in [7, 11) is 1.40. The number of nitrogen functional groups attached to an aromatic ring is 1. The lowest BCUT2D eigenvalue weighted by molar-refractivity contribution is 0.609. The van der Waals surface area contributed by atoms with Gasteiger partial charge in [0, 0.05) is 23.4 Å². The van der Waals surface area contributed by atoms with Crippen molar-refractivity contribution < 1.29 is 8.42 Å². The molecule has 0 aliphatic carbocycles. The van der Waals surface area contributed by atoms with Crippen LogP contribution in [0.3, 0.4) is 0 Å². The Hall–Kier alpha value is -0.720. The van der Waals surface area contributed by atoms with Crippen molar-refractivity contribution in [2.75, 3.05) is 0 Å². The van der Waals surface area contributed by atoms with Gasteiger partial charge in [0.2, 0.25) is 0 Å². The summed E-state index contributed by atoms with van der Waals surface area (Å²) in [6.07, 6.45) is 1.36. The topological polar surface area (TPSA) is 88.9 Å². The zero-order chi connectivity index (χ0) is 10.9. The highest BCUT2D eigenvalue weighted by Gasteiger charge is 2.16. The number of nitrogens with two attached hydrogens (primary N) is 1. The van der Waals surface area contributed by atoms with E-state index in [2.05, 4.69) is 0 Å². The van der Waals surface area contributed by atoms with E-state index in [1.165, 1.54) is 12.3 Å². The van der Waals surface area contributed by atoms with Crippen LogP contribution < -0.4 is 5.73 Å². The Kier molecular flexibility index (Phi) is 4.64. The molecule has 1 rings (SSSR count). The highest BCUT2D eigenvalue weighted by molar-refractivity contribution is 8.13.